The van der Waals surface area contributed by atoms with E-state index in [2.05, 4.69) is 10.1 Å². The molecule has 7 heteroatoms. The molecule has 1 fully saturated rings. The second kappa shape index (κ2) is 7.05. The maximum absolute atomic E-state index is 13.0. The van der Waals surface area contributed by atoms with Gasteiger partial charge in [-0.3, -0.25) is 4.79 Å². The van der Waals surface area contributed by atoms with Gasteiger partial charge in [0.25, 0.3) is 11.8 Å². The van der Waals surface area contributed by atoms with Gasteiger partial charge in [0.2, 0.25) is 5.82 Å². The number of aromatic nitrogens is 2. The molecule has 6 nitrogen and oxygen atoms in total. The number of ether oxygens (including phenoxy) is 1. The van der Waals surface area contributed by atoms with Gasteiger partial charge in [-0.15, -0.1) is 0 Å². The Hall–Kier alpha value is -3.06. The molecule has 1 aromatic heterocycles. The number of amides is 1. The molecular formula is C19H16FN3O3. The van der Waals surface area contributed by atoms with E-state index in [4.69, 9.17) is 9.26 Å². The van der Waals surface area contributed by atoms with Crippen molar-refractivity contribution in [1.29, 1.82) is 0 Å². The second-order valence-corrected chi connectivity index (χ2v) is 5.92. The summed E-state index contributed by atoms with van der Waals surface area (Å²) < 4.78 is 23.6. The first kappa shape index (κ1) is 16.4. The Morgan fingerprint density at radius 1 is 1.04 bits per heavy atom. The Labute approximate surface area is 149 Å². The molecule has 1 aliphatic rings. The molecule has 132 valence electrons. The minimum atomic E-state index is -0.331. The Morgan fingerprint density at radius 2 is 1.81 bits per heavy atom. The highest BCUT2D eigenvalue weighted by atomic mass is 19.1. The summed E-state index contributed by atoms with van der Waals surface area (Å²) in [6, 6.07) is 12.9. The van der Waals surface area contributed by atoms with Gasteiger partial charge in [-0.05, 0) is 36.4 Å². The number of carbonyl (C=O) groups is 1. The normalized spacial score (nSPS) is 14.4. The summed E-state index contributed by atoms with van der Waals surface area (Å²) in [5.74, 6) is 0.297. The highest BCUT2D eigenvalue weighted by molar-refractivity contribution is 5.95. The van der Waals surface area contributed by atoms with Gasteiger partial charge in [-0.25, -0.2) is 4.39 Å². The van der Waals surface area contributed by atoms with E-state index < -0.39 is 0 Å². The average molecular weight is 353 g/mol. The first-order chi connectivity index (χ1) is 12.7. The third kappa shape index (κ3) is 3.34. The van der Waals surface area contributed by atoms with E-state index in [1.807, 2.05) is 6.07 Å². The van der Waals surface area contributed by atoms with Crippen LogP contribution in [0, 0.1) is 5.82 Å². The number of nitrogens with zero attached hydrogens (tertiary/aromatic N) is 3. The van der Waals surface area contributed by atoms with Crippen LogP contribution in [0.25, 0.3) is 22.8 Å². The molecule has 0 spiro atoms. The third-order valence-electron chi connectivity index (χ3n) is 4.18. The van der Waals surface area contributed by atoms with Crippen LogP contribution in [0.1, 0.15) is 10.4 Å². The van der Waals surface area contributed by atoms with Crippen LogP contribution in [0.2, 0.25) is 0 Å². The predicted molar refractivity (Wildman–Crippen MR) is 91.9 cm³/mol. The van der Waals surface area contributed by atoms with E-state index in [0.29, 0.717) is 54.7 Å². The lowest BCUT2D eigenvalue weighted by atomic mass is 10.1. The van der Waals surface area contributed by atoms with E-state index in [0.717, 1.165) is 0 Å². The number of hydrogen-bond acceptors (Lipinski definition) is 5. The molecule has 0 saturated carbocycles. The number of morpholine rings is 1. The second-order valence-electron chi connectivity index (χ2n) is 5.92. The van der Waals surface area contributed by atoms with Gasteiger partial charge >= 0.3 is 0 Å². The fourth-order valence-electron chi connectivity index (χ4n) is 2.79. The highest BCUT2D eigenvalue weighted by Gasteiger charge is 2.19. The third-order valence-corrected chi connectivity index (χ3v) is 4.18. The molecule has 0 atom stereocenters. The van der Waals surface area contributed by atoms with Crippen LogP contribution in [0.5, 0.6) is 0 Å². The van der Waals surface area contributed by atoms with Crippen molar-refractivity contribution >= 4 is 5.91 Å². The van der Waals surface area contributed by atoms with Gasteiger partial charge in [0.15, 0.2) is 0 Å². The summed E-state index contributed by atoms with van der Waals surface area (Å²) >= 11 is 0. The molecule has 26 heavy (non-hydrogen) atoms. The highest BCUT2D eigenvalue weighted by Crippen LogP contribution is 2.23. The number of rotatable bonds is 3. The first-order valence-corrected chi connectivity index (χ1v) is 8.28. The van der Waals surface area contributed by atoms with Gasteiger partial charge in [-0.2, -0.15) is 4.98 Å². The lowest BCUT2D eigenvalue weighted by molar-refractivity contribution is 0.0303. The van der Waals surface area contributed by atoms with Crippen molar-refractivity contribution < 1.29 is 18.4 Å². The van der Waals surface area contributed by atoms with Crippen LogP contribution in [-0.2, 0) is 4.74 Å². The van der Waals surface area contributed by atoms with E-state index in [9.17, 15) is 9.18 Å². The van der Waals surface area contributed by atoms with Crippen molar-refractivity contribution in [2.75, 3.05) is 26.3 Å². The molecule has 0 aliphatic carbocycles. The van der Waals surface area contributed by atoms with Crippen molar-refractivity contribution in [3.63, 3.8) is 0 Å². The smallest absolute Gasteiger partial charge is 0.258 e. The fourth-order valence-corrected chi connectivity index (χ4v) is 2.79. The van der Waals surface area contributed by atoms with Gasteiger partial charge in [0, 0.05) is 29.8 Å². The molecule has 0 bridgehead atoms. The lowest BCUT2D eigenvalue weighted by Crippen LogP contribution is -2.40. The molecule has 1 saturated heterocycles. The van der Waals surface area contributed by atoms with Gasteiger partial charge in [-0.1, -0.05) is 17.3 Å². The zero-order valence-corrected chi connectivity index (χ0v) is 13.9. The van der Waals surface area contributed by atoms with Crippen LogP contribution in [0.4, 0.5) is 4.39 Å². The summed E-state index contributed by atoms with van der Waals surface area (Å²) in [5.41, 5.74) is 1.88. The monoisotopic (exact) mass is 353 g/mol. The standard InChI is InChI=1S/C19H16FN3O3/c20-16-6-4-13(5-7-16)18-21-17(22-26-18)14-2-1-3-15(12-14)19(24)23-8-10-25-11-9-23/h1-7,12H,8-11H2. The minimum absolute atomic E-state index is 0.0441. The summed E-state index contributed by atoms with van der Waals surface area (Å²) in [6.07, 6.45) is 0. The molecule has 1 amide bonds. The number of hydrogen-bond donors (Lipinski definition) is 0. The molecule has 0 N–H and O–H groups in total. The van der Waals surface area contributed by atoms with Crippen molar-refractivity contribution in [2.24, 2.45) is 0 Å². The number of halogens is 1. The SMILES string of the molecule is O=C(c1cccc(-c2noc(-c3ccc(F)cc3)n2)c1)N1CCOCC1. The van der Waals surface area contributed by atoms with Crippen LogP contribution >= 0.6 is 0 Å². The molecule has 3 aromatic rings. The summed E-state index contributed by atoms with van der Waals surface area (Å²) in [5, 5.41) is 3.97. The van der Waals surface area contributed by atoms with E-state index in [-0.39, 0.29) is 11.7 Å². The summed E-state index contributed by atoms with van der Waals surface area (Å²) in [6.45, 7) is 2.27. The van der Waals surface area contributed by atoms with Crippen molar-refractivity contribution in [2.45, 2.75) is 0 Å². The predicted octanol–water partition coefficient (Wildman–Crippen LogP) is 3.02. The molecule has 1 aliphatic heterocycles. The summed E-state index contributed by atoms with van der Waals surface area (Å²) in [4.78, 5) is 18.7. The molecule has 4 rings (SSSR count). The quantitative estimate of drug-likeness (QED) is 0.724. The van der Waals surface area contributed by atoms with E-state index >= 15 is 0 Å². The molecule has 0 radical (unpaired) electrons. The van der Waals surface area contributed by atoms with E-state index in [1.165, 1.54) is 12.1 Å². The lowest BCUT2D eigenvalue weighted by Gasteiger charge is -2.26. The Bertz CT molecular complexity index is 918. The van der Waals surface area contributed by atoms with Crippen LogP contribution in [-0.4, -0.2) is 47.3 Å². The summed E-state index contributed by atoms with van der Waals surface area (Å²) in [7, 11) is 0. The zero-order valence-electron chi connectivity index (χ0n) is 13.9. The molecular weight excluding hydrogens is 337 g/mol. The Morgan fingerprint density at radius 3 is 2.58 bits per heavy atom. The Balaban J connectivity index is 1.58. The average Bonchev–Trinajstić information content (AvgIpc) is 3.19. The fraction of sp³-hybridized carbons (Fsp3) is 0.211. The first-order valence-electron chi connectivity index (χ1n) is 8.28. The maximum Gasteiger partial charge on any atom is 0.258 e. The molecule has 0 unspecified atom stereocenters. The van der Waals surface area contributed by atoms with Gasteiger partial charge in [0.05, 0.1) is 13.2 Å². The van der Waals surface area contributed by atoms with E-state index in [1.54, 1.807) is 35.2 Å². The van der Waals surface area contributed by atoms with Gasteiger partial charge in [0.1, 0.15) is 5.82 Å². The maximum atomic E-state index is 13.0. The largest absolute Gasteiger partial charge is 0.378 e. The van der Waals surface area contributed by atoms with Crippen LogP contribution < -0.4 is 0 Å². The molecule has 2 heterocycles. The van der Waals surface area contributed by atoms with Crippen molar-refractivity contribution in [1.82, 2.24) is 15.0 Å². The number of benzene rings is 2. The van der Waals surface area contributed by atoms with Crippen LogP contribution in [0.3, 0.4) is 0 Å². The zero-order chi connectivity index (χ0) is 17.9. The number of carbonyl (C=O) groups excluding carboxylic acids is 1. The Kier molecular flexibility index (Phi) is 4.45. The van der Waals surface area contributed by atoms with Crippen molar-refractivity contribution in [3.8, 4) is 22.8 Å². The van der Waals surface area contributed by atoms with Crippen LogP contribution in [0.15, 0.2) is 53.1 Å². The minimum Gasteiger partial charge on any atom is -0.378 e. The van der Waals surface area contributed by atoms with Crippen molar-refractivity contribution in [3.05, 3.63) is 59.9 Å². The topological polar surface area (TPSA) is 68.5 Å². The van der Waals surface area contributed by atoms with Gasteiger partial charge < -0.3 is 14.2 Å². The molecule has 2 aromatic carbocycles.